The Hall–Kier alpha value is -1.26. The van der Waals surface area contributed by atoms with Gasteiger partial charge in [-0.05, 0) is 25.7 Å². The van der Waals surface area contributed by atoms with Crippen LogP contribution in [0.25, 0.3) is 0 Å². The number of amides is 1. The van der Waals surface area contributed by atoms with E-state index in [9.17, 15) is 4.79 Å². The summed E-state index contributed by atoms with van der Waals surface area (Å²) in [7, 11) is 0. The fourth-order valence-corrected chi connectivity index (χ4v) is 2.72. The van der Waals surface area contributed by atoms with E-state index in [1.807, 2.05) is 11.8 Å². The molecule has 1 rings (SSSR count). The first-order valence-corrected chi connectivity index (χ1v) is 6.38. The van der Waals surface area contributed by atoms with Crippen molar-refractivity contribution in [3.05, 3.63) is 0 Å². The maximum atomic E-state index is 11.6. The molecule has 1 amide bonds. The first-order valence-electron chi connectivity index (χ1n) is 6.38. The van der Waals surface area contributed by atoms with Crippen molar-refractivity contribution in [3.63, 3.8) is 0 Å². The van der Waals surface area contributed by atoms with E-state index in [1.165, 1.54) is 12.8 Å². The predicted octanol–water partition coefficient (Wildman–Crippen LogP) is 0.687. The van der Waals surface area contributed by atoms with Crippen LogP contribution in [0, 0.1) is 5.92 Å². The van der Waals surface area contributed by atoms with Crippen molar-refractivity contribution in [1.29, 1.82) is 0 Å². The normalized spacial score (nSPS) is 24.1. The second-order valence-electron chi connectivity index (χ2n) is 4.68. The quantitative estimate of drug-likeness (QED) is 0.560. The molecule has 0 bridgehead atoms. The zero-order valence-corrected chi connectivity index (χ0v) is 10.9. The minimum Gasteiger partial charge on any atom is -0.370 e. The van der Waals surface area contributed by atoms with E-state index < -0.39 is 0 Å². The Bertz CT molecular complexity index is 286. The lowest BCUT2D eigenvalue weighted by molar-refractivity contribution is -0.132. The molecule has 0 aromatic carbocycles. The predicted molar refractivity (Wildman–Crippen MR) is 69.5 cm³/mol. The van der Waals surface area contributed by atoms with Crippen LogP contribution in [-0.2, 0) is 4.79 Å². The van der Waals surface area contributed by atoms with Crippen LogP contribution >= 0.6 is 0 Å². The number of hydrogen-bond donors (Lipinski definition) is 2. The molecular formula is C12H24N4O. The Morgan fingerprint density at radius 2 is 2.00 bits per heavy atom. The van der Waals surface area contributed by atoms with Gasteiger partial charge in [0.05, 0.1) is 0 Å². The van der Waals surface area contributed by atoms with Crippen LogP contribution in [0.2, 0.25) is 0 Å². The molecule has 1 aliphatic rings. The lowest BCUT2D eigenvalue weighted by Gasteiger charge is -2.38. The van der Waals surface area contributed by atoms with Crippen molar-refractivity contribution in [1.82, 2.24) is 4.90 Å². The van der Waals surface area contributed by atoms with E-state index in [4.69, 9.17) is 11.5 Å². The third-order valence-corrected chi connectivity index (χ3v) is 3.52. The van der Waals surface area contributed by atoms with Crippen LogP contribution in [0.3, 0.4) is 0 Å². The largest absolute Gasteiger partial charge is 0.370 e. The van der Waals surface area contributed by atoms with E-state index >= 15 is 0 Å². The van der Waals surface area contributed by atoms with Gasteiger partial charge in [-0.1, -0.05) is 12.8 Å². The monoisotopic (exact) mass is 240 g/mol. The van der Waals surface area contributed by atoms with Gasteiger partial charge >= 0.3 is 0 Å². The zero-order valence-electron chi connectivity index (χ0n) is 10.9. The molecule has 1 fully saturated rings. The van der Waals surface area contributed by atoms with Crippen molar-refractivity contribution < 1.29 is 4.79 Å². The summed E-state index contributed by atoms with van der Waals surface area (Å²) >= 11 is 0. The van der Waals surface area contributed by atoms with Gasteiger partial charge in [0.1, 0.15) is 0 Å². The molecule has 0 spiro atoms. The summed E-state index contributed by atoms with van der Waals surface area (Å²) in [6.45, 7) is 5.05. The van der Waals surface area contributed by atoms with E-state index in [2.05, 4.69) is 4.99 Å². The first-order chi connectivity index (χ1) is 8.06. The fourth-order valence-electron chi connectivity index (χ4n) is 2.72. The van der Waals surface area contributed by atoms with Crippen molar-refractivity contribution in [2.24, 2.45) is 22.4 Å². The summed E-state index contributed by atoms with van der Waals surface area (Å²) in [5.41, 5.74) is 10.7. The van der Waals surface area contributed by atoms with Crippen LogP contribution in [0.5, 0.6) is 0 Å². The minimum atomic E-state index is 0.139. The first kappa shape index (κ1) is 13.8. The molecule has 0 radical (unpaired) electrons. The van der Waals surface area contributed by atoms with Crippen molar-refractivity contribution in [3.8, 4) is 0 Å². The van der Waals surface area contributed by atoms with E-state index in [-0.39, 0.29) is 11.9 Å². The molecule has 4 N–H and O–H groups in total. The molecule has 17 heavy (non-hydrogen) atoms. The smallest absolute Gasteiger partial charge is 0.219 e. The van der Waals surface area contributed by atoms with E-state index in [0.29, 0.717) is 18.5 Å². The highest BCUT2D eigenvalue weighted by atomic mass is 16.2. The van der Waals surface area contributed by atoms with Crippen LogP contribution in [0.4, 0.5) is 0 Å². The average molecular weight is 240 g/mol. The maximum absolute atomic E-state index is 11.6. The molecule has 5 heteroatoms. The number of hydrogen-bond acceptors (Lipinski definition) is 2. The molecule has 0 heterocycles. The summed E-state index contributed by atoms with van der Waals surface area (Å²) in [5, 5.41) is 0. The molecule has 0 saturated heterocycles. The zero-order chi connectivity index (χ0) is 12.8. The highest BCUT2D eigenvalue weighted by Crippen LogP contribution is 2.28. The second-order valence-corrected chi connectivity index (χ2v) is 4.68. The van der Waals surface area contributed by atoms with Crippen LogP contribution in [0.15, 0.2) is 4.99 Å². The number of aliphatic imine (C=N–C) groups is 1. The summed E-state index contributed by atoms with van der Waals surface area (Å²) in [5.74, 6) is 0.684. The Morgan fingerprint density at radius 1 is 1.35 bits per heavy atom. The number of guanidine groups is 1. The van der Waals surface area contributed by atoms with Crippen molar-refractivity contribution in [2.75, 3.05) is 13.1 Å². The van der Waals surface area contributed by atoms with E-state index in [1.54, 1.807) is 6.92 Å². The lowest BCUT2D eigenvalue weighted by Crippen LogP contribution is -2.46. The number of carbonyl (C=O) groups excluding carboxylic acids is 1. The molecule has 0 aliphatic heterocycles. The number of carbonyl (C=O) groups is 1. The van der Waals surface area contributed by atoms with Crippen LogP contribution in [-0.4, -0.2) is 35.9 Å². The van der Waals surface area contributed by atoms with Gasteiger partial charge in [0.15, 0.2) is 5.96 Å². The highest BCUT2D eigenvalue weighted by Gasteiger charge is 2.30. The standard InChI is InChI=1S/C12H24N4O/c1-3-16(9(2)17)11-7-5-4-6-10(11)8-15-12(13)14/h10-11H,3-8H2,1-2H3,(H4,13,14,15). The minimum absolute atomic E-state index is 0.139. The number of nitrogens with two attached hydrogens (primary N) is 2. The van der Waals surface area contributed by atoms with E-state index in [0.717, 1.165) is 19.4 Å². The average Bonchev–Trinajstić information content (AvgIpc) is 2.28. The summed E-state index contributed by atoms with van der Waals surface area (Å²) in [4.78, 5) is 17.7. The summed E-state index contributed by atoms with van der Waals surface area (Å²) in [6.07, 6.45) is 4.56. The van der Waals surface area contributed by atoms with Gasteiger partial charge in [-0.2, -0.15) is 0 Å². The maximum Gasteiger partial charge on any atom is 0.219 e. The fraction of sp³-hybridized carbons (Fsp3) is 0.833. The molecule has 2 unspecified atom stereocenters. The Kier molecular flexibility index (Phi) is 5.25. The van der Waals surface area contributed by atoms with Gasteiger partial charge in [-0.15, -0.1) is 0 Å². The molecule has 0 aromatic heterocycles. The van der Waals surface area contributed by atoms with Gasteiger partial charge < -0.3 is 16.4 Å². The lowest BCUT2D eigenvalue weighted by atomic mass is 9.83. The van der Waals surface area contributed by atoms with Gasteiger partial charge in [-0.3, -0.25) is 9.79 Å². The van der Waals surface area contributed by atoms with Crippen molar-refractivity contribution in [2.45, 2.75) is 45.6 Å². The van der Waals surface area contributed by atoms with Gasteiger partial charge in [0.25, 0.3) is 0 Å². The second kappa shape index (κ2) is 6.47. The van der Waals surface area contributed by atoms with Crippen LogP contribution in [0.1, 0.15) is 39.5 Å². The number of nitrogens with zero attached hydrogens (tertiary/aromatic N) is 2. The highest BCUT2D eigenvalue weighted by molar-refractivity contribution is 5.75. The molecule has 0 aromatic rings. The molecule has 5 nitrogen and oxygen atoms in total. The molecule has 1 aliphatic carbocycles. The molecule has 2 atom stereocenters. The third kappa shape index (κ3) is 3.91. The van der Waals surface area contributed by atoms with Crippen molar-refractivity contribution >= 4 is 11.9 Å². The van der Waals surface area contributed by atoms with Gasteiger partial charge in [0.2, 0.25) is 5.91 Å². The SMILES string of the molecule is CCN(C(C)=O)C1CCCCC1CN=C(N)N. The van der Waals surface area contributed by atoms with Gasteiger partial charge in [-0.25, -0.2) is 0 Å². The molecular weight excluding hydrogens is 216 g/mol. The summed E-state index contributed by atoms with van der Waals surface area (Å²) in [6, 6.07) is 0.300. The molecule has 1 saturated carbocycles. The summed E-state index contributed by atoms with van der Waals surface area (Å²) < 4.78 is 0. The number of rotatable bonds is 4. The third-order valence-electron chi connectivity index (χ3n) is 3.52. The Labute approximate surface area is 103 Å². The van der Waals surface area contributed by atoms with Gasteiger partial charge in [0, 0.05) is 26.1 Å². The Balaban J connectivity index is 2.70. The molecule has 98 valence electrons. The van der Waals surface area contributed by atoms with Crippen LogP contribution < -0.4 is 11.5 Å². The Morgan fingerprint density at radius 3 is 2.53 bits per heavy atom. The topological polar surface area (TPSA) is 84.7 Å².